The summed E-state index contributed by atoms with van der Waals surface area (Å²) in [6.07, 6.45) is 5.51. The molecule has 2 aromatic rings. The fraction of sp³-hybridized carbons (Fsp3) is 0.679. The number of aromatic nitrogens is 4. The SMILES string of the molecule is CC(Br)CCCC(=O)NCCCC(c1nnnn1[C@@H](C)c1ccccc1)N1CCN(C(=O)C2CCCO2)CC1. The predicted molar refractivity (Wildman–Crippen MR) is 152 cm³/mol. The molecule has 2 fully saturated rings. The van der Waals surface area contributed by atoms with Crippen molar-refractivity contribution in [1.82, 2.24) is 35.3 Å². The number of halogens is 1. The van der Waals surface area contributed by atoms with E-state index in [2.05, 4.69) is 67.7 Å². The van der Waals surface area contributed by atoms with Gasteiger partial charge in [-0.25, -0.2) is 4.68 Å². The molecule has 1 aromatic heterocycles. The van der Waals surface area contributed by atoms with Crippen molar-refractivity contribution in [2.75, 3.05) is 39.3 Å². The first-order valence-corrected chi connectivity index (χ1v) is 15.2. The van der Waals surface area contributed by atoms with Gasteiger partial charge < -0.3 is 15.0 Å². The van der Waals surface area contributed by atoms with Crippen LogP contribution in [0.2, 0.25) is 0 Å². The zero-order valence-corrected chi connectivity index (χ0v) is 24.8. The highest BCUT2D eigenvalue weighted by atomic mass is 79.9. The topological polar surface area (TPSA) is 105 Å². The number of amides is 2. The number of nitrogens with one attached hydrogen (secondary N) is 1. The van der Waals surface area contributed by atoms with Gasteiger partial charge in [0.2, 0.25) is 5.91 Å². The average Bonchev–Trinajstić information content (AvgIpc) is 3.66. The first-order chi connectivity index (χ1) is 18.9. The summed E-state index contributed by atoms with van der Waals surface area (Å²) < 4.78 is 7.56. The summed E-state index contributed by atoms with van der Waals surface area (Å²) in [4.78, 5) is 29.9. The van der Waals surface area contributed by atoms with Gasteiger partial charge in [-0.3, -0.25) is 14.5 Å². The summed E-state index contributed by atoms with van der Waals surface area (Å²) in [5, 5.41) is 16.0. The van der Waals surface area contributed by atoms with Crippen molar-refractivity contribution in [3.63, 3.8) is 0 Å². The summed E-state index contributed by atoms with van der Waals surface area (Å²) in [5.74, 6) is 1.04. The lowest BCUT2D eigenvalue weighted by molar-refractivity contribution is -0.143. The molecule has 1 aromatic carbocycles. The Bertz CT molecular complexity index is 1040. The van der Waals surface area contributed by atoms with Gasteiger partial charge >= 0.3 is 0 Å². The molecule has 4 rings (SSSR count). The number of carbonyl (C=O) groups excluding carboxylic acids is 2. The number of nitrogens with zero attached hydrogens (tertiary/aromatic N) is 6. The second-order valence-corrected chi connectivity index (χ2v) is 12.2. The molecule has 11 heteroatoms. The summed E-state index contributed by atoms with van der Waals surface area (Å²) in [7, 11) is 0. The third-order valence-electron chi connectivity index (χ3n) is 7.72. The number of benzene rings is 1. The number of tetrazole rings is 1. The van der Waals surface area contributed by atoms with Crippen LogP contribution in [0, 0.1) is 0 Å². The molecule has 3 heterocycles. The monoisotopic (exact) mass is 603 g/mol. The summed E-state index contributed by atoms with van der Waals surface area (Å²) in [5.41, 5.74) is 1.14. The highest BCUT2D eigenvalue weighted by Crippen LogP contribution is 2.29. The molecular formula is C28H42BrN7O3. The second-order valence-electron chi connectivity index (χ2n) is 10.6. The maximum atomic E-state index is 12.9. The van der Waals surface area contributed by atoms with E-state index in [9.17, 15) is 9.59 Å². The third-order valence-corrected chi connectivity index (χ3v) is 8.18. The molecule has 2 aliphatic rings. The van der Waals surface area contributed by atoms with E-state index in [1.807, 2.05) is 27.8 Å². The normalized spacial score (nSPS) is 20.5. The van der Waals surface area contributed by atoms with Crippen molar-refractivity contribution in [3.05, 3.63) is 41.7 Å². The summed E-state index contributed by atoms with van der Waals surface area (Å²) >= 11 is 3.54. The van der Waals surface area contributed by atoms with E-state index >= 15 is 0 Å². The van der Waals surface area contributed by atoms with Crippen molar-refractivity contribution in [3.8, 4) is 0 Å². The number of rotatable bonds is 13. The molecule has 4 atom stereocenters. The molecule has 0 bridgehead atoms. The summed E-state index contributed by atoms with van der Waals surface area (Å²) in [6, 6.07) is 10.2. The van der Waals surface area contributed by atoms with Crippen LogP contribution >= 0.6 is 15.9 Å². The van der Waals surface area contributed by atoms with Crippen LogP contribution in [0.1, 0.15) is 82.3 Å². The van der Waals surface area contributed by atoms with Crippen molar-refractivity contribution < 1.29 is 14.3 Å². The number of hydrogen-bond donors (Lipinski definition) is 1. The van der Waals surface area contributed by atoms with Crippen LogP contribution in [0.4, 0.5) is 0 Å². The maximum absolute atomic E-state index is 12.9. The van der Waals surface area contributed by atoms with Crippen LogP contribution in [0.3, 0.4) is 0 Å². The third kappa shape index (κ3) is 8.31. The quantitative estimate of drug-likeness (QED) is 0.276. The molecule has 1 N–H and O–H groups in total. The van der Waals surface area contributed by atoms with Gasteiger partial charge in [-0.05, 0) is 61.4 Å². The lowest BCUT2D eigenvalue weighted by atomic mass is 10.0. The van der Waals surface area contributed by atoms with Crippen LogP contribution in [0.5, 0.6) is 0 Å². The first-order valence-electron chi connectivity index (χ1n) is 14.3. The predicted octanol–water partition coefficient (Wildman–Crippen LogP) is 3.50. The Labute approximate surface area is 239 Å². The van der Waals surface area contributed by atoms with Crippen LogP contribution in [-0.2, 0) is 14.3 Å². The Balaban J connectivity index is 1.40. The standard InChI is InChI=1S/C28H42BrN7O3/c1-21(29)9-6-14-26(37)30-15-7-12-24(27-31-32-33-36(27)22(2)23-10-4-3-5-11-23)34-16-18-35(19-17-34)28(38)25-13-8-20-39-25/h3-5,10-11,21-22,24-25H,6-9,12-20H2,1-2H3,(H,30,37)/t21?,22-,24?,25?/m0/s1. The minimum atomic E-state index is -0.285. The van der Waals surface area contributed by atoms with E-state index in [4.69, 9.17) is 4.74 Å². The second kappa shape index (κ2) is 14.9. The Hall–Kier alpha value is -2.37. The molecule has 2 amide bonds. The molecule has 0 saturated carbocycles. The van der Waals surface area contributed by atoms with Gasteiger partial charge in [-0.2, -0.15) is 0 Å². The smallest absolute Gasteiger partial charge is 0.251 e. The average molecular weight is 605 g/mol. The van der Waals surface area contributed by atoms with Gasteiger partial charge in [0.05, 0.1) is 12.1 Å². The highest BCUT2D eigenvalue weighted by Gasteiger charge is 2.34. The molecule has 0 radical (unpaired) electrons. The number of carbonyl (C=O) groups is 2. The van der Waals surface area contributed by atoms with Gasteiger partial charge in [0.15, 0.2) is 5.82 Å². The molecular weight excluding hydrogens is 562 g/mol. The minimum Gasteiger partial charge on any atom is -0.368 e. The molecule has 2 saturated heterocycles. The van der Waals surface area contributed by atoms with E-state index < -0.39 is 0 Å². The first kappa shape index (κ1) is 29.6. The van der Waals surface area contributed by atoms with Gasteiger partial charge in [-0.15, -0.1) is 5.10 Å². The lowest BCUT2D eigenvalue weighted by Gasteiger charge is -2.39. The van der Waals surface area contributed by atoms with E-state index in [-0.39, 0.29) is 30.0 Å². The number of ether oxygens (including phenoxy) is 1. The van der Waals surface area contributed by atoms with Gasteiger partial charge in [0, 0.05) is 50.6 Å². The van der Waals surface area contributed by atoms with Gasteiger partial charge in [0.25, 0.3) is 5.91 Å². The maximum Gasteiger partial charge on any atom is 0.251 e. The largest absolute Gasteiger partial charge is 0.368 e. The molecule has 214 valence electrons. The molecule has 3 unspecified atom stereocenters. The van der Waals surface area contributed by atoms with Crippen molar-refractivity contribution in [2.45, 2.75) is 81.8 Å². The summed E-state index contributed by atoms with van der Waals surface area (Å²) in [6.45, 7) is 8.31. The van der Waals surface area contributed by atoms with E-state index in [1.54, 1.807) is 0 Å². The fourth-order valence-electron chi connectivity index (χ4n) is 5.43. The Morgan fingerprint density at radius 2 is 1.87 bits per heavy atom. The van der Waals surface area contributed by atoms with Crippen LogP contribution < -0.4 is 5.32 Å². The van der Waals surface area contributed by atoms with Crippen LogP contribution in [0.15, 0.2) is 30.3 Å². The molecule has 39 heavy (non-hydrogen) atoms. The van der Waals surface area contributed by atoms with E-state index in [0.29, 0.717) is 37.5 Å². The van der Waals surface area contributed by atoms with Crippen molar-refractivity contribution >= 4 is 27.7 Å². The number of piperazine rings is 1. The Morgan fingerprint density at radius 3 is 2.56 bits per heavy atom. The molecule has 0 spiro atoms. The number of alkyl halides is 1. The molecule has 2 aliphatic heterocycles. The molecule has 0 aliphatic carbocycles. The Morgan fingerprint density at radius 1 is 1.10 bits per heavy atom. The fourth-order valence-corrected chi connectivity index (χ4v) is 5.75. The van der Waals surface area contributed by atoms with E-state index in [1.165, 1.54) is 0 Å². The Kier molecular flexibility index (Phi) is 11.3. The van der Waals surface area contributed by atoms with E-state index in [0.717, 1.165) is 63.0 Å². The zero-order chi connectivity index (χ0) is 27.6. The zero-order valence-electron chi connectivity index (χ0n) is 23.2. The van der Waals surface area contributed by atoms with Crippen LogP contribution in [-0.4, -0.2) is 92.1 Å². The van der Waals surface area contributed by atoms with Crippen LogP contribution in [0.25, 0.3) is 0 Å². The van der Waals surface area contributed by atoms with Crippen molar-refractivity contribution in [1.29, 1.82) is 0 Å². The van der Waals surface area contributed by atoms with Gasteiger partial charge in [-0.1, -0.05) is 53.2 Å². The van der Waals surface area contributed by atoms with Gasteiger partial charge in [0.1, 0.15) is 6.10 Å². The highest BCUT2D eigenvalue weighted by molar-refractivity contribution is 9.09. The minimum absolute atomic E-state index is 0.0161. The number of hydrogen-bond acceptors (Lipinski definition) is 7. The van der Waals surface area contributed by atoms with Crippen molar-refractivity contribution in [2.24, 2.45) is 0 Å². The molecule has 10 nitrogen and oxygen atoms in total. The lowest BCUT2D eigenvalue weighted by Crippen LogP contribution is -2.52.